The highest BCUT2D eigenvalue weighted by molar-refractivity contribution is 5.20. The fourth-order valence-corrected chi connectivity index (χ4v) is 6.78. The molecule has 1 unspecified atom stereocenters. The van der Waals surface area contributed by atoms with E-state index in [2.05, 4.69) is 22.0 Å². The van der Waals surface area contributed by atoms with E-state index in [-0.39, 0.29) is 0 Å². The van der Waals surface area contributed by atoms with Crippen LogP contribution in [0.15, 0.2) is 6.20 Å². The van der Waals surface area contributed by atoms with Gasteiger partial charge >= 0.3 is 0 Å². The molecule has 1 N–H and O–H groups in total. The lowest BCUT2D eigenvalue weighted by atomic mass is 9.53. The van der Waals surface area contributed by atoms with E-state index >= 15 is 0 Å². The minimum atomic E-state index is 0.688. The largest absolute Gasteiger partial charge is 0.299 e. The summed E-state index contributed by atoms with van der Waals surface area (Å²) in [6, 6.07) is 0.916. The molecule has 0 spiro atoms. The third kappa shape index (κ3) is 2.08. The van der Waals surface area contributed by atoms with Crippen molar-refractivity contribution in [1.82, 2.24) is 15.1 Å². The molecule has 0 aromatic carbocycles. The van der Waals surface area contributed by atoms with Gasteiger partial charge in [-0.15, -0.1) is 0 Å². The lowest BCUT2D eigenvalue weighted by molar-refractivity contribution is -0.0722. The van der Waals surface area contributed by atoms with Crippen molar-refractivity contribution in [2.75, 3.05) is 13.1 Å². The molecular formula is C19H29N3. The van der Waals surface area contributed by atoms with Gasteiger partial charge in [-0.05, 0) is 87.6 Å². The maximum atomic E-state index is 4.26. The van der Waals surface area contributed by atoms with Gasteiger partial charge in [0.1, 0.15) is 0 Å². The molecule has 0 amide bonds. The number of rotatable bonds is 2. The van der Waals surface area contributed by atoms with E-state index in [0.29, 0.717) is 5.92 Å². The van der Waals surface area contributed by atoms with E-state index in [1.165, 1.54) is 37.2 Å². The van der Waals surface area contributed by atoms with E-state index in [1.54, 1.807) is 32.1 Å². The molecule has 3 nitrogen and oxygen atoms in total. The van der Waals surface area contributed by atoms with Gasteiger partial charge in [-0.2, -0.15) is 5.10 Å². The van der Waals surface area contributed by atoms with E-state index in [1.807, 2.05) is 6.20 Å². The van der Waals surface area contributed by atoms with Crippen LogP contribution < -0.4 is 0 Å². The molecule has 3 heteroatoms. The van der Waals surface area contributed by atoms with Gasteiger partial charge in [0.15, 0.2) is 0 Å². The second-order valence-corrected chi connectivity index (χ2v) is 8.72. The summed E-state index contributed by atoms with van der Waals surface area (Å²) in [5, 5.41) is 7.55. The molecule has 5 fully saturated rings. The Bertz CT molecular complexity index is 521. The molecule has 1 aromatic heterocycles. The maximum absolute atomic E-state index is 4.26. The number of aromatic amines is 1. The van der Waals surface area contributed by atoms with Crippen molar-refractivity contribution in [2.45, 2.75) is 63.8 Å². The number of likely N-dealkylation sites (tertiary alicyclic amines) is 1. The number of H-pyrrole nitrogens is 1. The molecule has 4 saturated carbocycles. The highest BCUT2D eigenvalue weighted by Crippen LogP contribution is 2.55. The monoisotopic (exact) mass is 299 g/mol. The third-order valence-corrected chi connectivity index (χ3v) is 7.33. The topological polar surface area (TPSA) is 31.9 Å². The standard InChI is InChI=1S/C19H29N3/c1-12-10-20-21-18(12)15-3-2-4-22(11-15)19-16-6-13-5-14(8-16)9-17(19)7-13/h10,13-17,19H,2-9,11H2,1H3,(H,20,21). The molecule has 5 aliphatic rings. The van der Waals surface area contributed by atoms with Crippen LogP contribution in [0.5, 0.6) is 0 Å². The summed E-state index contributed by atoms with van der Waals surface area (Å²) in [4.78, 5) is 2.90. The second-order valence-electron chi connectivity index (χ2n) is 8.72. The van der Waals surface area contributed by atoms with Crippen molar-refractivity contribution in [3.63, 3.8) is 0 Å². The van der Waals surface area contributed by atoms with Gasteiger partial charge in [-0.1, -0.05) is 0 Å². The van der Waals surface area contributed by atoms with Gasteiger partial charge in [0.05, 0.1) is 6.20 Å². The zero-order valence-corrected chi connectivity index (χ0v) is 13.8. The molecule has 4 aliphatic carbocycles. The van der Waals surface area contributed by atoms with Crippen molar-refractivity contribution in [2.24, 2.45) is 23.7 Å². The number of hydrogen-bond donors (Lipinski definition) is 1. The van der Waals surface area contributed by atoms with Crippen molar-refractivity contribution in [3.05, 3.63) is 17.5 Å². The van der Waals surface area contributed by atoms with Crippen LogP contribution in [-0.2, 0) is 0 Å². The Kier molecular flexibility index (Phi) is 3.14. The SMILES string of the molecule is Cc1cn[nH]c1C1CCCN(C2C3CC4CC(C3)CC2C4)C1. The first-order valence-corrected chi connectivity index (χ1v) is 9.52. The minimum Gasteiger partial charge on any atom is -0.299 e. The lowest BCUT2D eigenvalue weighted by Crippen LogP contribution is -2.57. The number of nitrogens with zero attached hydrogens (tertiary/aromatic N) is 2. The van der Waals surface area contributed by atoms with Crippen LogP contribution in [0, 0.1) is 30.6 Å². The predicted octanol–water partition coefficient (Wildman–Crippen LogP) is 3.72. The van der Waals surface area contributed by atoms with Crippen LogP contribution >= 0.6 is 0 Å². The Balaban J connectivity index is 1.36. The van der Waals surface area contributed by atoms with Crippen LogP contribution in [0.3, 0.4) is 0 Å². The van der Waals surface area contributed by atoms with E-state index in [9.17, 15) is 0 Å². The molecule has 1 atom stereocenters. The minimum absolute atomic E-state index is 0.688. The molecule has 22 heavy (non-hydrogen) atoms. The van der Waals surface area contributed by atoms with Crippen molar-refractivity contribution < 1.29 is 0 Å². The van der Waals surface area contributed by atoms with Crippen LogP contribution in [0.25, 0.3) is 0 Å². The van der Waals surface area contributed by atoms with Gasteiger partial charge < -0.3 is 0 Å². The fourth-order valence-electron chi connectivity index (χ4n) is 6.78. The van der Waals surface area contributed by atoms with E-state index < -0.39 is 0 Å². The van der Waals surface area contributed by atoms with Crippen LogP contribution in [0.4, 0.5) is 0 Å². The van der Waals surface area contributed by atoms with Crippen LogP contribution in [-0.4, -0.2) is 34.2 Å². The van der Waals surface area contributed by atoms with E-state index in [4.69, 9.17) is 0 Å². The molecule has 1 aliphatic heterocycles. The quantitative estimate of drug-likeness (QED) is 0.902. The number of hydrogen-bond acceptors (Lipinski definition) is 2. The summed E-state index contributed by atoms with van der Waals surface area (Å²) in [7, 11) is 0. The Morgan fingerprint density at radius 1 is 1.09 bits per heavy atom. The summed E-state index contributed by atoms with van der Waals surface area (Å²) < 4.78 is 0. The number of aromatic nitrogens is 2. The summed E-state index contributed by atoms with van der Waals surface area (Å²) in [6.07, 6.45) is 12.4. The summed E-state index contributed by atoms with van der Waals surface area (Å²) in [5.41, 5.74) is 2.77. The second kappa shape index (κ2) is 5.09. The van der Waals surface area contributed by atoms with Gasteiger partial charge in [0.2, 0.25) is 0 Å². The zero-order valence-electron chi connectivity index (χ0n) is 13.8. The Morgan fingerprint density at radius 2 is 1.82 bits per heavy atom. The van der Waals surface area contributed by atoms with Gasteiger partial charge in [-0.3, -0.25) is 10.00 Å². The van der Waals surface area contributed by atoms with Gasteiger partial charge in [0, 0.05) is 24.2 Å². The Hall–Kier alpha value is -0.830. The average Bonchev–Trinajstić information content (AvgIpc) is 2.93. The molecule has 0 radical (unpaired) electrons. The molecule has 120 valence electrons. The summed E-state index contributed by atoms with van der Waals surface area (Å²) in [6.45, 7) is 4.83. The molecule has 1 saturated heterocycles. The molecule has 6 rings (SSSR count). The van der Waals surface area contributed by atoms with Crippen molar-refractivity contribution in [1.29, 1.82) is 0 Å². The maximum Gasteiger partial charge on any atom is 0.0519 e. The molecular weight excluding hydrogens is 270 g/mol. The van der Waals surface area contributed by atoms with Crippen molar-refractivity contribution >= 4 is 0 Å². The molecule has 2 heterocycles. The fraction of sp³-hybridized carbons (Fsp3) is 0.842. The number of piperidine rings is 1. The third-order valence-electron chi connectivity index (χ3n) is 7.33. The van der Waals surface area contributed by atoms with Crippen LogP contribution in [0.1, 0.15) is 62.1 Å². The predicted molar refractivity (Wildman–Crippen MR) is 87.7 cm³/mol. The lowest BCUT2D eigenvalue weighted by Gasteiger charge is -2.58. The first-order valence-electron chi connectivity index (χ1n) is 9.52. The summed E-state index contributed by atoms with van der Waals surface area (Å²) in [5.74, 6) is 4.92. The molecule has 1 aromatic rings. The van der Waals surface area contributed by atoms with Gasteiger partial charge in [0.25, 0.3) is 0 Å². The number of nitrogens with one attached hydrogen (secondary N) is 1. The summed E-state index contributed by atoms with van der Waals surface area (Å²) >= 11 is 0. The highest BCUT2D eigenvalue weighted by Gasteiger charge is 2.50. The van der Waals surface area contributed by atoms with Crippen LogP contribution in [0.2, 0.25) is 0 Å². The smallest absolute Gasteiger partial charge is 0.0519 e. The zero-order chi connectivity index (χ0) is 14.7. The normalized spacial score (nSPS) is 44.6. The van der Waals surface area contributed by atoms with Gasteiger partial charge in [-0.25, -0.2) is 0 Å². The Labute approximate surface area is 133 Å². The first kappa shape index (κ1) is 13.6. The van der Waals surface area contributed by atoms with Crippen molar-refractivity contribution in [3.8, 4) is 0 Å². The highest BCUT2D eigenvalue weighted by atomic mass is 15.2. The van der Waals surface area contributed by atoms with E-state index in [0.717, 1.165) is 29.7 Å². The Morgan fingerprint density at radius 3 is 2.45 bits per heavy atom. The first-order chi connectivity index (χ1) is 10.8. The number of aryl methyl sites for hydroxylation is 1. The molecule has 4 bridgehead atoms. The average molecular weight is 299 g/mol.